The Balaban J connectivity index is 1.81. The lowest BCUT2D eigenvalue weighted by Crippen LogP contribution is -2.07. The van der Waals surface area contributed by atoms with Crippen molar-refractivity contribution in [1.29, 1.82) is 0 Å². The number of fused-ring (bicyclic) bond motifs is 1. The van der Waals surface area contributed by atoms with Crippen molar-refractivity contribution in [2.45, 2.75) is 6.92 Å². The Morgan fingerprint density at radius 3 is 2.36 bits per heavy atom. The van der Waals surface area contributed by atoms with Gasteiger partial charge in [-0.1, -0.05) is 36.4 Å². The smallest absolute Gasteiger partial charge is 0.222 e. The number of halogens is 1. The number of aromatic nitrogens is 2. The van der Waals surface area contributed by atoms with E-state index in [4.69, 9.17) is 10.5 Å². The van der Waals surface area contributed by atoms with Gasteiger partial charge in [-0.05, 0) is 54.4 Å². The number of benzene rings is 3. The highest BCUT2D eigenvalue weighted by molar-refractivity contribution is 9.10. The summed E-state index contributed by atoms with van der Waals surface area (Å²) in [6.07, 6.45) is 0. The van der Waals surface area contributed by atoms with Crippen molar-refractivity contribution in [2.75, 3.05) is 16.3 Å². The summed E-state index contributed by atoms with van der Waals surface area (Å²) in [6, 6.07) is 24.0. The van der Waals surface area contributed by atoms with Crippen LogP contribution >= 0.6 is 16.1 Å². The molecule has 0 saturated heterocycles. The van der Waals surface area contributed by atoms with Gasteiger partial charge in [0.2, 0.25) is 5.95 Å². The minimum Gasteiger partial charge on any atom is -0.494 e. The average Bonchev–Trinajstić information content (AvgIpc) is 2.74. The molecule has 3 aromatic carbocycles. The Kier molecular flexibility index (Phi) is 5.12. The maximum absolute atomic E-state index is 5.95. The van der Waals surface area contributed by atoms with Crippen LogP contribution < -0.4 is 14.4 Å². The Labute approximate surface area is 172 Å². The van der Waals surface area contributed by atoms with Gasteiger partial charge in [0.05, 0.1) is 34.0 Å². The molecule has 0 amide bonds. The van der Waals surface area contributed by atoms with Gasteiger partial charge >= 0.3 is 0 Å². The minimum atomic E-state index is 0.233. The highest BCUT2D eigenvalue weighted by atomic mass is 79.9. The number of hydrogen-bond donors (Lipinski definition) is 1. The molecule has 4 rings (SSSR count). The molecule has 0 aliphatic rings. The molecule has 5 nitrogen and oxygen atoms in total. The van der Waals surface area contributed by atoms with E-state index in [1.807, 2.05) is 77.6 Å². The van der Waals surface area contributed by atoms with Gasteiger partial charge in [0.1, 0.15) is 5.75 Å². The third-order valence-electron chi connectivity index (χ3n) is 4.36. The number of para-hydroxylation sites is 1. The number of nitrogens with zero attached hydrogens (tertiary/aromatic N) is 3. The molecule has 1 heterocycles. The van der Waals surface area contributed by atoms with E-state index in [-0.39, 0.29) is 5.95 Å². The standard InChI is InChI=1S/C22H19BrN4O/c1-2-28-18-11-8-15(9-12-18)16-10-13-20-19(14-16)21(26-22(24)25-20)27(23)17-6-4-3-5-7-17/h3-14H,2H2,1H3,(H2,24,25,26). The summed E-state index contributed by atoms with van der Waals surface area (Å²) < 4.78 is 7.38. The van der Waals surface area contributed by atoms with Crippen LogP contribution in [0, 0.1) is 0 Å². The number of nitrogens with two attached hydrogens (primary N) is 1. The van der Waals surface area contributed by atoms with E-state index in [0.29, 0.717) is 12.4 Å². The Morgan fingerprint density at radius 2 is 1.64 bits per heavy atom. The van der Waals surface area contributed by atoms with E-state index < -0.39 is 0 Å². The zero-order chi connectivity index (χ0) is 19.5. The highest BCUT2D eigenvalue weighted by Crippen LogP contribution is 2.35. The van der Waals surface area contributed by atoms with Crippen molar-refractivity contribution < 1.29 is 4.74 Å². The van der Waals surface area contributed by atoms with Crippen molar-refractivity contribution in [1.82, 2.24) is 9.97 Å². The van der Waals surface area contributed by atoms with Crippen molar-refractivity contribution in [3.8, 4) is 16.9 Å². The predicted octanol–water partition coefficient (Wildman–Crippen LogP) is 5.73. The normalized spacial score (nSPS) is 10.8. The fraction of sp³-hybridized carbons (Fsp3) is 0.0909. The van der Waals surface area contributed by atoms with Crippen LogP contribution in [-0.2, 0) is 0 Å². The molecule has 0 radical (unpaired) electrons. The fourth-order valence-electron chi connectivity index (χ4n) is 3.05. The first kappa shape index (κ1) is 18.3. The SMILES string of the molecule is CCOc1ccc(-c2ccc3nc(N)nc(N(Br)c4ccccc4)c3c2)cc1. The molecule has 1 aromatic heterocycles. The van der Waals surface area contributed by atoms with Crippen LogP contribution in [0.2, 0.25) is 0 Å². The highest BCUT2D eigenvalue weighted by Gasteiger charge is 2.14. The first-order chi connectivity index (χ1) is 13.7. The summed E-state index contributed by atoms with van der Waals surface area (Å²) in [5.41, 5.74) is 9.85. The summed E-state index contributed by atoms with van der Waals surface area (Å²) in [5, 5.41) is 0.904. The maximum Gasteiger partial charge on any atom is 0.222 e. The van der Waals surface area contributed by atoms with Crippen molar-refractivity contribution in [3.63, 3.8) is 0 Å². The molecular weight excluding hydrogens is 416 g/mol. The average molecular weight is 435 g/mol. The zero-order valence-electron chi connectivity index (χ0n) is 15.3. The second kappa shape index (κ2) is 7.86. The third kappa shape index (κ3) is 3.64. The largest absolute Gasteiger partial charge is 0.494 e. The summed E-state index contributed by atoms with van der Waals surface area (Å²) in [4.78, 5) is 8.86. The summed E-state index contributed by atoms with van der Waals surface area (Å²) in [6.45, 7) is 2.63. The second-order valence-electron chi connectivity index (χ2n) is 6.21. The van der Waals surface area contributed by atoms with Crippen LogP contribution in [0.15, 0.2) is 72.8 Å². The second-order valence-corrected chi connectivity index (χ2v) is 6.92. The topological polar surface area (TPSA) is 64.3 Å². The van der Waals surface area contributed by atoms with E-state index in [2.05, 4.69) is 32.2 Å². The molecule has 0 saturated carbocycles. The van der Waals surface area contributed by atoms with Gasteiger partial charge in [0.15, 0.2) is 5.82 Å². The number of anilines is 3. The van der Waals surface area contributed by atoms with Gasteiger partial charge in [-0.15, -0.1) is 0 Å². The van der Waals surface area contributed by atoms with Crippen molar-refractivity contribution in [2.24, 2.45) is 0 Å². The van der Waals surface area contributed by atoms with E-state index in [1.165, 1.54) is 0 Å². The molecule has 6 heteroatoms. The molecular formula is C22H19BrN4O. The molecule has 140 valence electrons. The molecule has 0 aliphatic carbocycles. The number of hydrogen-bond acceptors (Lipinski definition) is 5. The van der Waals surface area contributed by atoms with Gasteiger partial charge in [-0.3, -0.25) is 3.93 Å². The van der Waals surface area contributed by atoms with Gasteiger partial charge in [-0.25, -0.2) is 4.98 Å². The minimum absolute atomic E-state index is 0.233. The first-order valence-electron chi connectivity index (χ1n) is 8.97. The fourth-order valence-corrected chi connectivity index (χ4v) is 3.56. The molecule has 0 atom stereocenters. The Hall–Kier alpha value is -3.12. The van der Waals surface area contributed by atoms with Crippen LogP contribution in [0.5, 0.6) is 5.75 Å². The van der Waals surface area contributed by atoms with Crippen LogP contribution in [0.25, 0.3) is 22.0 Å². The van der Waals surface area contributed by atoms with Crippen molar-refractivity contribution >= 4 is 44.5 Å². The monoisotopic (exact) mass is 434 g/mol. The Bertz CT molecular complexity index is 1100. The summed E-state index contributed by atoms with van der Waals surface area (Å²) >= 11 is 3.63. The van der Waals surface area contributed by atoms with E-state index in [0.717, 1.165) is 33.5 Å². The molecule has 0 spiro atoms. The maximum atomic E-state index is 5.95. The van der Waals surface area contributed by atoms with E-state index in [9.17, 15) is 0 Å². The van der Waals surface area contributed by atoms with E-state index >= 15 is 0 Å². The van der Waals surface area contributed by atoms with Crippen LogP contribution in [-0.4, -0.2) is 16.6 Å². The van der Waals surface area contributed by atoms with Crippen LogP contribution in [0.3, 0.4) is 0 Å². The molecule has 4 aromatic rings. The summed E-state index contributed by atoms with van der Waals surface area (Å²) in [7, 11) is 0. The van der Waals surface area contributed by atoms with Gasteiger partial charge in [-0.2, -0.15) is 4.98 Å². The van der Waals surface area contributed by atoms with Gasteiger partial charge < -0.3 is 10.5 Å². The van der Waals surface area contributed by atoms with Gasteiger partial charge in [0.25, 0.3) is 0 Å². The molecule has 0 bridgehead atoms. The first-order valence-corrected chi connectivity index (χ1v) is 9.68. The number of ether oxygens (including phenoxy) is 1. The molecule has 0 fully saturated rings. The number of rotatable bonds is 5. The van der Waals surface area contributed by atoms with Crippen molar-refractivity contribution in [3.05, 3.63) is 72.8 Å². The zero-order valence-corrected chi connectivity index (χ0v) is 16.9. The quantitative estimate of drug-likeness (QED) is 0.406. The molecule has 0 unspecified atom stereocenters. The molecule has 0 aliphatic heterocycles. The van der Waals surface area contributed by atoms with Crippen LogP contribution in [0.1, 0.15) is 6.92 Å². The summed E-state index contributed by atoms with van der Waals surface area (Å²) in [5.74, 6) is 1.79. The lowest BCUT2D eigenvalue weighted by Gasteiger charge is -2.18. The predicted molar refractivity (Wildman–Crippen MR) is 118 cm³/mol. The third-order valence-corrected chi connectivity index (χ3v) is 5.11. The van der Waals surface area contributed by atoms with Crippen LogP contribution in [0.4, 0.5) is 17.5 Å². The van der Waals surface area contributed by atoms with Gasteiger partial charge in [0, 0.05) is 5.39 Å². The number of nitrogen functional groups attached to an aromatic ring is 1. The van der Waals surface area contributed by atoms with E-state index in [1.54, 1.807) is 0 Å². The molecule has 28 heavy (non-hydrogen) atoms. The lowest BCUT2D eigenvalue weighted by molar-refractivity contribution is 0.340. The molecule has 2 N–H and O–H groups in total. The lowest BCUT2D eigenvalue weighted by atomic mass is 10.0. The Morgan fingerprint density at radius 1 is 0.929 bits per heavy atom.